The van der Waals surface area contributed by atoms with Gasteiger partial charge >= 0.3 is 0 Å². The molecule has 1 aliphatic rings. The van der Waals surface area contributed by atoms with Gasteiger partial charge in [0.15, 0.2) is 0 Å². The minimum atomic E-state index is 0.214. The van der Waals surface area contributed by atoms with Gasteiger partial charge in [0, 0.05) is 6.54 Å². The predicted molar refractivity (Wildman–Crippen MR) is 85.1 cm³/mol. The zero-order valence-corrected chi connectivity index (χ0v) is 13.8. The summed E-state index contributed by atoms with van der Waals surface area (Å²) in [5.74, 6) is 0. The van der Waals surface area contributed by atoms with E-state index in [9.17, 15) is 0 Å². The van der Waals surface area contributed by atoms with Gasteiger partial charge in [-0.15, -0.1) is 0 Å². The minimum absolute atomic E-state index is 0.214. The molecule has 0 fully saturated rings. The molecule has 0 spiro atoms. The summed E-state index contributed by atoms with van der Waals surface area (Å²) in [5.41, 5.74) is 6.09. The Morgan fingerprint density at radius 1 is 1.15 bits per heavy atom. The van der Waals surface area contributed by atoms with Crippen LogP contribution in [0.2, 0.25) is 0 Å². The first kappa shape index (κ1) is 15.5. The highest BCUT2D eigenvalue weighted by atomic mass is 16.5. The Morgan fingerprint density at radius 2 is 1.85 bits per heavy atom. The second-order valence-electron chi connectivity index (χ2n) is 6.79. The van der Waals surface area contributed by atoms with Gasteiger partial charge in [0.2, 0.25) is 0 Å². The zero-order valence-electron chi connectivity index (χ0n) is 13.8. The summed E-state index contributed by atoms with van der Waals surface area (Å²) in [4.78, 5) is 2.48. The molecule has 1 aromatic carbocycles. The molecule has 1 aliphatic heterocycles. The Morgan fingerprint density at radius 3 is 2.45 bits per heavy atom. The molecule has 2 rings (SSSR count). The number of rotatable bonds is 4. The molecule has 0 atom stereocenters. The van der Waals surface area contributed by atoms with Crippen molar-refractivity contribution >= 4 is 0 Å². The first-order chi connectivity index (χ1) is 9.45. The molecular formula is C18H29NO. The average molecular weight is 275 g/mol. The molecule has 20 heavy (non-hydrogen) atoms. The van der Waals surface area contributed by atoms with Gasteiger partial charge in [-0.2, -0.15) is 0 Å². The van der Waals surface area contributed by atoms with E-state index in [1.807, 2.05) is 0 Å². The van der Waals surface area contributed by atoms with Crippen LogP contribution in [-0.2, 0) is 29.7 Å². The van der Waals surface area contributed by atoms with E-state index in [1.54, 1.807) is 0 Å². The van der Waals surface area contributed by atoms with Gasteiger partial charge in [-0.05, 0) is 47.2 Å². The third-order valence-corrected chi connectivity index (χ3v) is 4.35. The van der Waals surface area contributed by atoms with E-state index in [2.05, 4.69) is 51.7 Å². The van der Waals surface area contributed by atoms with E-state index >= 15 is 0 Å². The fourth-order valence-electron chi connectivity index (χ4n) is 2.82. The van der Waals surface area contributed by atoms with Crippen molar-refractivity contribution in [1.29, 1.82) is 0 Å². The predicted octanol–water partition coefficient (Wildman–Crippen LogP) is 3.90. The highest BCUT2D eigenvalue weighted by Gasteiger charge is 2.21. The first-order valence-corrected chi connectivity index (χ1v) is 7.91. The summed E-state index contributed by atoms with van der Waals surface area (Å²) in [5, 5.41) is 0. The van der Waals surface area contributed by atoms with Crippen LogP contribution in [0.1, 0.15) is 56.9 Å². The molecule has 1 aromatic rings. The highest BCUT2D eigenvalue weighted by molar-refractivity contribution is 5.42. The fourth-order valence-corrected chi connectivity index (χ4v) is 2.82. The second-order valence-corrected chi connectivity index (χ2v) is 6.79. The lowest BCUT2D eigenvalue weighted by molar-refractivity contribution is 0.109. The molecule has 0 unspecified atom stereocenters. The van der Waals surface area contributed by atoms with E-state index in [0.717, 1.165) is 39.3 Å². The standard InChI is InChI=1S/C18H29NO/c1-6-19(7-2)12-15-11-16(18(3,4)5)10-14-8-9-20-13-17(14)15/h10-11H,6-9,12-13H2,1-5H3. The third kappa shape index (κ3) is 3.42. The summed E-state index contributed by atoms with van der Waals surface area (Å²) < 4.78 is 5.69. The van der Waals surface area contributed by atoms with Crippen LogP contribution >= 0.6 is 0 Å². The van der Waals surface area contributed by atoms with Crippen molar-refractivity contribution in [2.75, 3.05) is 19.7 Å². The Kier molecular flexibility index (Phi) is 4.87. The Bertz CT molecular complexity index is 455. The summed E-state index contributed by atoms with van der Waals surface area (Å²) in [6.07, 6.45) is 1.06. The van der Waals surface area contributed by atoms with E-state index in [-0.39, 0.29) is 5.41 Å². The Balaban J connectivity index is 2.41. The van der Waals surface area contributed by atoms with Gasteiger partial charge in [0.05, 0.1) is 13.2 Å². The van der Waals surface area contributed by atoms with Crippen molar-refractivity contribution < 1.29 is 4.74 Å². The monoisotopic (exact) mass is 275 g/mol. The number of hydrogen-bond donors (Lipinski definition) is 0. The number of nitrogens with zero attached hydrogens (tertiary/aromatic N) is 1. The fraction of sp³-hybridized carbons (Fsp3) is 0.667. The summed E-state index contributed by atoms with van der Waals surface area (Å²) >= 11 is 0. The third-order valence-electron chi connectivity index (χ3n) is 4.35. The first-order valence-electron chi connectivity index (χ1n) is 7.91. The van der Waals surface area contributed by atoms with Crippen molar-refractivity contribution in [3.63, 3.8) is 0 Å². The van der Waals surface area contributed by atoms with Gasteiger partial charge < -0.3 is 4.74 Å². The molecule has 2 nitrogen and oxygen atoms in total. The normalized spacial score (nSPS) is 15.5. The molecule has 0 aliphatic carbocycles. The number of hydrogen-bond acceptors (Lipinski definition) is 2. The maximum Gasteiger partial charge on any atom is 0.0722 e. The molecule has 0 saturated carbocycles. The highest BCUT2D eigenvalue weighted by Crippen LogP contribution is 2.30. The van der Waals surface area contributed by atoms with Crippen LogP contribution in [0.15, 0.2) is 12.1 Å². The molecule has 0 aromatic heterocycles. The van der Waals surface area contributed by atoms with Crippen LogP contribution in [0.25, 0.3) is 0 Å². The average Bonchev–Trinajstić information content (AvgIpc) is 2.43. The molecule has 0 amide bonds. The lowest BCUT2D eigenvalue weighted by atomic mass is 9.82. The number of fused-ring (bicyclic) bond motifs is 1. The maximum absolute atomic E-state index is 5.69. The van der Waals surface area contributed by atoms with Crippen molar-refractivity contribution in [2.24, 2.45) is 0 Å². The van der Waals surface area contributed by atoms with Crippen LogP contribution in [0.4, 0.5) is 0 Å². The number of benzene rings is 1. The molecular weight excluding hydrogens is 246 g/mol. The molecule has 1 heterocycles. The molecule has 2 heteroatoms. The van der Waals surface area contributed by atoms with Gasteiger partial charge in [-0.1, -0.05) is 46.8 Å². The molecule has 0 N–H and O–H groups in total. The molecule has 112 valence electrons. The SMILES string of the molecule is CCN(CC)Cc1cc(C(C)(C)C)cc2c1COCC2. The smallest absolute Gasteiger partial charge is 0.0722 e. The summed E-state index contributed by atoms with van der Waals surface area (Å²) in [6.45, 7) is 16.3. The van der Waals surface area contributed by atoms with E-state index in [0.29, 0.717) is 0 Å². The Hall–Kier alpha value is -0.860. The lowest BCUT2D eigenvalue weighted by Gasteiger charge is -2.28. The van der Waals surface area contributed by atoms with Crippen LogP contribution in [0, 0.1) is 0 Å². The van der Waals surface area contributed by atoms with Crippen molar-refractivity contribution in [2.45, 2.75) is 59.6 Å². The second kappa shape index (κ2) is 6.28. The maximum atomic E-state index is 5.69. The van der Waals surface area contributed by atoms with Crippen LogP contribution in [0.5, 0.6) is 0 Å². The van der Waals surface area contributed by atoms with Gasteiger partial charge in [-0.3, -0.25) is 4.90 Å². The van der Waals surface area contributed by atoms with Crippen LogP contribution < -0.4 is 0 Å². The Labute approximate surface area is 124 Å². The largest absolute Gasteiger partial charge is 0.376 e. The minimum Gasteiger partial charge on any atom is -0.376 e. The molecule has 0 saturated heterocycles. The van der Waals surface area contributed by atoms with E-state index in [1.165, 1.54) is 22.3 Å². The van der Waals surface area contributed by atoms with Crippen molar-refractivity contribution in [1.82, 2.24) is 4.90 Å². The topological polar surface area (TPSA) is 12.5 Å². The van der Waals surface area contributed by atoms with Gasteiger partial charge in [0.25, 0.3) is 0 Å². The quantitative estimate of drug-likeness (QED) is 0.826. The van der Waals surface area contributed by atoms with Crippen molar-refractivity contribution in [3.05, 3.63) is 34.4 Å². The van der Waals surface area contributed by atoms with Gasteiger partial charge in [0.1, 0.15) is 0 Å². The van der Waals surface area contributed by atoms with Crippen molar-refractivity contribution in [3.8, 4) is 0 Å². The molecule has 0 radical (unpaired) electrons. The summed E-state index contributed by atoms with van der Waals surface area (Å²) in [6, 6.07) is 4.81. The molecule has 0 bridgehead atoms. The lowest BCUT2D eigenvalue weighted by Crippen LogP contribution is -2.25. The van der Waals surface area contributed by atoms with Crippen LogP contribution in [-0.4, -0.2) is 24.6 Å². The van der Waals surface area contributed by atoms with Gasteiger partial charge in [-0.25, -0.2) is 0 Å². The number of ether oxygens (including phenoxy) is 1. The van der Waals surface area contributed by atoms with E-state index < -0.39 is 0 Å². The van der Waals surface area contributed by atoms with E-state index in [4.69, 9.17) is 4.74 Å². The zero-order chi connectivity index (χ0) is 14.8. The van der Waals surface area contributed by atoms with Crippen LogP contribution in [0.3, 0.4) is 0 Å². The summed E-state index contributed by atoms with van der Waals surface area (Å²) in [7, 11) is 0.